The zero-order valence-electron chi connectivity index (χ0n) is 14.4. The molecule has 0 fully saturated rings. The lowest BCUT2D eigenvalue weighted by atomic mass is 10.1. The van der Waals surface area contributed by atoms with Gasteiger partial charge in [-0.3, -0.25) is 14.8 Å². The highest BCUT2D eigenvalue weighted by Crippen LogP contribution is 2.29. The highest BCUT2D eigenvalue weighted by molar-refractivity contribution is 5.71. The van der Waals surface area contributed by atoms with Crippen LogP contribution in [0.3, 0.4) is 0 Å². The van der Waals surface area contributed by atoms with E-state index in [2.05, 4.69) is 10.4 Å². The molecule has 0 atom stereocenters. The second kappa shape index (κ2) is 7.07. The maximum absolute atomic E-state index is 11.3. The second-order valence-corrected chi connectivity index (χ2v) is 6.01. The van der Waals surface area contributed by atoms with Crippen LogP contribution in [-0.2, 0) is 6.54 Å². The molecule has 0 aliphatic rings. The third-order valence-corrected chi connectivity index (χ3v) is 3.97. The maximum atomic E-state index is 11.3. The van der Waals surface area contributed by atoms with E-state index in [-0.39, 0.29) is 11.3 Å². The fraction of sp³-hybridized carbons (Fsp3) is 0.158. The summed E-state index contributed by atoms with van der Waals surface area (Å²) >= 11 is 0. The number of anilines is 2. The summed E-state index contributed by atoms with van der Waals surface area (Å²) in [5.41, 5.74) is 4.26. The molecule has 130 valence electrons. The van der Waals surface area contributed by atoms with E-state index in [4.69, 9.17) is 5.26 Å². The Balaban J connectivity index is 1.87. The number of rotatable bonds is 5. The molecular formula is C19H17N5O2. The Bertz CT molecular complexity index is 1020. The van der Waals surface area contributed by atoms with E-state index in [1.54, 1.807) is 12.1 Å². The van der Waals surface area contributed by atoms with Crippen molar-refractivity contribution in [2.24, 2.45) is 0 Å². The number of nitriles is 1. The van der Waals surface area contributed by atoms with Crippen molar-refractivity contribution in [3.8, 4) is 6.07 Å². The number of nitrogens with zero attached hydrogens (tertiary/aromatic N) is 4. The minimum absolute atomic E-state index is 0.131. The summed E-state index contributed by atoms with van der Waals surface area (Å²) in [6, 6.07) is 15.9. The fourth-order valence-corrected chi connectivity index (χ4v) is 2.77. The lowest BCUT2D eigenvalue weighted by Crippen LogP contribution is -2.04. The molecule has 7 heteroatoms. The Morgan fingerprint density at radius 3 is 2.69 bits per heavy atom. The van der Waals surface area contributed by atoms with Crippen molar-refractivity contribution in [1.29, 1.82) is 5.26 Å². The zero-order valence-corrected chi connectivity index (χ0v) is 14.4. The van der Waals surface area contributed by atoms with E-state index in [0.717, 1.165) is 22.6 Å². The van der Waals surface area contributed by atoms with E-state index < -0.39 is 4.92 Å². The minimum Gasteiger partial charge on any atom is -0.350 e. The summed E-state index contributed by atoms with van der Waals surface area (Å²) in [4.78, 5) is 10.8. The Morgan fingerprint density at radius 2 is 2.04 bits per heavy atom. The van der Waals surface area contributed by atoms with Gasteiger partial charge in [-0.1, -0.05) is 12.1 Å². The van der Waals surface area contributed by atoms with Crippen LogP contribution in [0.2, 0.25) is 0 Å². The van der Waals surface area contributed by atoms with Crippen molar-refractivity contribution >= 4 is 17.1 Å². The van der Waals surface area contributed by atoms with Crippen molar-refractivity contribution in [2.75, 3.05) is 5.32 Å². The fourth-order valence-electron chi connectivity index (χ4n) is 2.77. The van der Waals surface area contributed by atoms with E-state index >= 15 is 0 Å². The number of aryl methyl sites for hydroxylation is 2. The lowest BCUT2D eigenvalue weighted by Gasteiger charge is -2.10. The summed E-state index contributed by atoms with van der Waals surface area (Å²) < 4.78 is 1.92. The Hall–Kier alpha value is -3.66. The van der Waals surface area contributed by atoms with E-state index in [0.29, 0.717) is 12.2 Å². The summed E-state index contributed by atoms with van der Waals surface area (Å²) in [5.74, 6) is 0. The molecule has 0 saturated carbocycles. The molecule has 1 heterocycles. The minimum atomic E-state index is -0.497. The molecule has 26 heavy (non-hydrogen) atoms. The number of hydrogen-bond acceptors (Lipinski definition) is 5. The van der Waals surface area contributed by atoms with E-state index in [9.17, 15) is 10.1 Å². The first-order valence-corrected chi connectivity index (χ1v) is 8.02. The molecule has 0 saturated heterocycles. The summed E-state index contributed by atoms with van der Waals surface area (Å²) in [6.45, 7) is 4.57. The standard InChI is InChI=1S/C19H17N5O2/c1-13-8-14(2)23(22-13)12-16-4-3-5-17(9-16)21-18-7-6-15(11-20)10-19(18)24(25)26/h3-10,21H,12H2,1-2H3. The maximum Gasteiger partial charge on any atom is 0.293 e. The molecule has 3 aromatic rings. The number of nitrogens with one attached hydrogen (secondary N) is 1. The van der Waals surface area contributed by atoms with Gasteiger partial charge in [0.2, 0.25) is 0 Å². The number of hydrogen-bond donors (Lipinski definition) is 1. The smallest absolute Gasteiger partial charge is 0.293 e. The predicted octanol–water partition coefficient (Wildman–Crippen LogP) is 4.07. The van der Waals surface area contributed by atoms with Crippen molar-refractivity contribution < 1.29 is 4.92 Å². The highest BCUT2D eigenvalue weighted by atomic mass is 16.6. The predicted molar refractivity (Wildman–Crippen MR) is 98.3 cm³/mol. The van der Waals surface area contributed by atoms with Gasteiger partial charge in [0.1, 0.15) is 5.69 Å². The van der Waals surface area contributed by atoms with Crippen molar-refractivity contribution in [3.05, 3.63) is 81.2 Å². The van der Waals surface area contributed by atoms with Gasteiger partial charge in [0.25, 0.3) is 5.69 Å². The molecule has 1 N–H and O–H groups in total. The molecule has 0 unspecified atom stereocenters. The van der Waals surface area contributed by atoms with Gasteiger partial charge in [-0.05, 0) is 49.7 Å². The highest BCUT2D eigenvalue weighted by Gasteiger charge is 2.15. The average Bonchev–Trinajstić information content (AvgIpc) is 2.92. The third-order valence-electron chi connectivity index (χ3n) is 3.97. The molecule has 3 rings (SSSR count). The van der Waals surface area contributed by atoms with Gasteiger partial charge in [-0.2, -0.15) is 10.4 Å². The average molecular weight is 347 g/mol. The molecule has 1 aromatic heterocycles. The molecule has 0 bridgehead atoms. The number of nitro benzene ring substituents is 1. The largest absolute Gasteiger partial charge is 0.350 e. The van der Waals surface area contributed by atoms with Gasteiger partial charge >= 0.3 is 0 Å². The van der Waals surface area contributed by atoms with Gasteiger partial charge in [-0.15, -0.1) is 0 Å². The van der Waals surface area contributed by atoms with Gasteiger partial charge in [0.15, 0.2) is 0 Å². The van der Waals surface area contributed by atoms with Crippen LogP contribution in [0.1, 0.15) is 22.5 Å². The van der Waals surface area contributed by atoms with Crippen molar-refractivity contribution in [2.45, 2.75) is 20.4 Å². The normalized spacial score (nSPS) is 10.3. The molecule has 0 aliphatic carbocycles. The molecule has 0 radical (unpaired) electrons. The van der Waals surface area contributed by atoms with Crippen LogP contribution in [-0.4, -0.2) is 14.7 Å². The first-order valence-electron chi connectivity index (χ1n) is 8.02. The van der Waals surface area contributed by atoms with Crippen LogP contribution < -0.4 is 5.32 Å². The van der Waals surface area contributed by atoms with Crippen LogP contribution in [0.5, 0.6) is 0 Å². The Labute approximate surface area is 150 Å². The molecule has 0 aliphatic heterocycles. The summed E-state index contributed by atoms with van der Waals surface area (Å²) in [6.07, 6.45) is 0. The van der Waals surface area contributed by atoms with Gasteiger partial charge in [0.05, 0.1) is 28.8 Å². The van der Waals surface area contributed by atoms with Crippen LogP contribution in [0, 0.1) is 35.3 Å². The monoisotopic (exact) mass is 347 g/mol. The zero-order chi connectivity index (χ0) is 18.7. The SMILES string of the molecule is Cc1cc(C)n(Cc2cccc(Nc3ccc(C#N)cc3[N+](=O)[O-])c2)n1. The lowest BCUT2D eigenvalue weighted by molar-refractivity contribution is -0.383. The van der Waals surface area contributed by atoms with Gasteiger partial charge in [-0.25, -0.2) is 0 Å². The summed E-state index contributed by atoms with van der Waals surface area (Å²) in [7, 11) is 0. The van der Waals surface area contributed by atoms with Gasteiger partial charge < -0.3 is 5.32 Å². The second-order valence-electron chi connectivity index (χ2n) is 6.01. The molecular weight excluding hydrogens is 330 g/mol. The summed E-state index contributed by atoms with van der Waals surface area (Å²) in [5, 5.41) is 27.7. The number of benzene rings is 2. The van der Waals surface area contributed by atoms with Crippen LogP contribution >= 0.6 is 0 Å². The number of nitro groups is 1. The Kier molecular flexibility index (Phi) is 4.67. The number of aromatic nitrogens is 2. The van der Waals surface area contributed by atoms with Crippen molar-refractivity contribution in [3.63, 3.8) is 0 Å². The molecule has 2 aromatic carbocycles. The van der Waals surface area contributed by atoms with Crippen molar-refractivity contribution in [1.82, 2.24) is 9.78 Å². The quantitative estimate of drug-likeness (QED) is 0.554. The van der Waals surface area contributed by atoms with E-state index in [1.165, 1.54) is 6.07 Å². The van der Waals surface area contributed by atoms with Crippen LogP contribution in [0.15, 0.2) is 48.5 Å². The van der Waals surface area contributed by atoms with E-state index in [1.807, 2.05) is 54.9 Å². The Morgan fingerprint density at radius 1 is 1.23 bits per heavy atom. The van der Waals surface area contributed by atoms with Crippen LogP contribution in [0.4, 0.5) is 17.1 Å². The first-order chi connectivity index (χ1) is 12.5. The third kappa shape index (κ3) is 3.70. The molecule has 7 nitrogen and oxygen atoms in total. The van der Waals surface area contributed by atoms with Gasteiger partial charge in [0, 0.05) is 17.4 Å². The molecule has 0 amide bonds. The topological polar surface area (TPSA) is 96.8 Å². The first kappa shape index (κ1) is 17.2. The molecule has 0 spiro atoms. The van der Waals surface area contributed by atoms with Crippen LogP contribution in [0.25, 0.3) is 0 Å².